The summed E-state index contributed by atoms with van der Waals surface area (Å²) in [6.07, 6.45) is 1.58. The van der Waals surface area contributed by atoms with Crippen LogP contribution < -0.4 is 0 Å². The molecule has 0 aliphatic rings. The summed E-state index contributed by atoms with van der Waals surface area (Å²) in [6, 6.07) is 4.07. The van der Waals surface area contributed by atoms with Crippen LogP contribution in [-0.2, 0) is 4.74 Å². The van der Waals surface area contributed by atoms with Crippen molar-refractivity contribution < 1.29 is 18.7 Å². The molecule has 0 saturated heterocycles. The molecular weight excluding hydrogens is 241 g/mol. The summed E-state index contributed by atoms with van der Waals surface area (Å²) in [7, 11) is 1.20. The lowest BCUT2D eigenvalue weighted by Crippen LogP contribution is -2.06. The van der Waals surface area contributed by atoms with Crippen molar-refractivity contribution in [1.29, 1.82) is 0 Å². The molecule has 0 amide bonds. The highest BCUT2D eigenvalue weighted by Gasteiger charge is 2.15. The van der Waals surface area contributed by atoms with Gasteiger partial charge in [-0.25, -0.2) is 18.9 Å². The van der Waals surface area contributed by atoms with Gasteiger partial charge in [0.15, 0.2) is 6.29 Å². The SMILES string of the molecule is COC(=O)c1ncn(-c2cccc(F)c2C=O)n1. The molecule has 0 atom stereocenters. The van der Waals surface area contributed by atoms with Crippen molar-refractivity contribution >= 4 is 12.3 Å². The molecule has 0 fully saturated rings. The lowest BCUT2D eigenvalue weighted by Gasteiger charge is -2.04. The van der Waals surface area contributed by atoms with Crippen LogP contribution in [0, 0.1) is 5.82 Å². The van der Waals surface area contributed by atoms with Gasteiger partial charge in [-0.3, -0.25) is 4.79 Å². The first kappa shape index (κ1) is 11.9. The van der Waals surface area contributed by atoms with Gasteiger partial charge in [-0.1, -0.05) is 6.07 Å². The van der Waals surface area contributed by atoms with Gasteiger partial charge in [0.25, 0.3) is 5.82 Å². The number of hydrogen-bond donors (Lipinski definition) is 0. The summed E-state index contributed by atoms with van der Waals surface area (Å²) in [6.45, 7) is 0. The first-order valence-electron chi connectivity index (χ1n) is 4.91. The highest BCUT2D eigenvalue weighted by Crippen LogP contribution is 2.15. The predicted molar refractivity (Wildman–Crippen MR) is 58.0 cm³/mol. The average Bonchev–Trinajstić information content (AvgIpc) is 2.87. The van der Waals surface area contributed by atoms with Gasteiger partial charge < -0.3 is 4.74 Å². The van der Waals surface area contributed by atoms with Crippen LogP contribution in [0.1, 0.15) is 21.0 Å². The number of halogens is 1. The molecule has 1 heterocycles. The molecule has 0 radical (unpaired) electrons. The number of aromatic nitrogens is 3. The first-order valence-corrected chi connectivity index (χ1v) is 4.91. The molecule has 0 unspecified atom stereocenters. The van der Waals surface area contributed by atoms with E-state index in [1.165, 1.54) is 25.6 Å². The molecule has 6 nitrogen and oxygen atoms in total. The fraction of sp³-hybridized carbons (Fsp3) is 0.0909. The largest absolute Gasteiger partial charge is 0.463 e. The van der Waals surface area contributed by atoms with E-state index in [-0.39, 0.29) is 17.1 Å². The van der Waals surface area contributed by atoms with Crippen LogP contribution in [0.15, 0.2) is 24.5 Å². The number of hydrogen-bond acceptors (Lipinski definition) is 5. The van der Waals surface area contributed by atoms with Gasteiger partial charge in [-0.05, 0) is 12.1 Å². The van der Waals surface area contributed by atoms with E-state index in [9.17, 15) is 14.0 Å². The summed E-state index contributed by atoms with van der Waals surface area (Å²) in [5.74, 6) is -1.55. The Hall–Kier alpha value is -2.57. The van der Waals surface area contributed by atoms with Crippen LogP contribution in [0.5, 0.6) is 0 Å². The van der Waals surface area contributed by atoms with Crippen molar-refractivity contribution in [1.82, 2.24) is 14.8 Å². The van der Waals surface area contributed by atoms with Gasteiger partial charge in [0, 0.05) is 0 Å². The van der Waals surface area contributed by atoms with Crippen molar-refractivity contribution in [3.05, 3.63) is 41.7 Å². The number of ether oxygens (including phenoxy) is 1. The van der Waals surface area contributed by atoms with E-state index in [1.807, 2.05) is 0 Å². The number of methoxy groups -OCH3 is 1. The second-order valence-electron chi connectivity index (χ2n) is 3.29. The maximum atomic E-state index is 13.4. The molecule has 0 saturated carbocycles. The van der Waals surface area contributed by atoms with Gasteiger partial charge in [-0.2, -0.15) is 0 Å². The van der Waals surface area contributed by atoms with Gasteiger partial charge >= 0.3 is 5.97 Å². The smallest absolute Gasteiger partial charge is 0.377 e. The summed E-state index contributed by atoms with van der Waals surface area (Å²) in [4.78, 5) is 25.7. The Bertz CT molecular complexity index is 609. The van der Waals surface area contributed by atoms with Crippen molar-refractivity contribution in [2.75, 3.05) is 7.11 Å². The van der Waals surface area contributed by atoms with Gasteiger partial charge in [0.2, 0.25) is 0 Å². The average molecular weight is 249 g/mol. The maximum Gasteiger partial charge on any atom is 0.377 e. The van der Waals surface area contributed by atoms with E-state index >= 15 is 0 Å². The summed E-state index contributed by atoms with van der Waals surface area (Å²) in [5, 5.41) is 3.81. The van der Waals surface area contributed by atoms with Crippen LogP contribution in [0.3, 0.4) is 0 Å². The second-order valence-corrected chi connectivity index (χ2v) is 3.29. The lowest BCUT2D eigenvalue weighted by molar-refractivity contribution is 0.0587. The van der Waals surface area contributed by atoms with Crippen LogP contribution in [0.4, 0.5) is 4.39 Å². The van der Waals surface area contributed by atoms with E-state index in [4.69, 9.17) is 0 Å². The fourth-order valence-electron chi connectivity index (χ4n) is 1.41. The Labute approximate surface area is 101 Å². The normalized spacial score (nSPS) is 10.1. The van der Waals surface area contributed by atoms with Crippen molar-refractivity contribution in [2.24, 2.45) is 0 Å². The number of carbonyl (C=O) groups excluding carboxylic acids is 2. The molecule has 0 aliphatic carbocycles. The Kier molecular flexibility index (Phi) is 3.13. The Morgan fingerprint density at radius 1 is 1.50 bits per heavy atom. The van der Waals surface area contributed by atoms with Gasteiger partial charge in [0.05, 0.1) is 18.4 Å². The Morgan fingerprint density at radius 2 is 2.28 bits per heavy atom. The first-order chi connectivity index (χ1) is 8.67. The molecule has 7 heteroatoms. The van der Waals surface area contributed by atoms with E-state index in [2.05, 4.69) is 14.8 Å². The molecule has 1 aromatic heterocycles. The van der Waals surface area contributed by atoms with Crippen molar-refractivity contribution in [3.63, 3.8) is 0 Å². The number of esters is 1. The third kappa shape index (κ3) is 1.97. The van der Waals surface area contributed by atoms with Crippen LogP contribution in [-0.4, -0.2) is 34.1 Å². The highest BCUT2D eigenvalue weighted by atomic mass is 19.1. The summed E-state index contributed by atoms with van der Waals surface area (Å²) in [5.41, 5.74) is 0.0477. The minimum Gasteiger partial charge on any atom is -0.463 e. The fourth-order valence-corrected chi connectivity index (χ4v) is 1.41. The predicted octanol–water partition coefficient (Wildman–Crippen LogP) is 1.01. The molecule has 0 N–H and O–H groups in total. The second kappa shape index (κ2) is 4.74. The van der Waals surface area contributed by atoms with E-state index in [0.29, 0.717) is 6.29 Å². The molecule has 1 aromatic carbocycles. The Balaban J connectivity index is 2.49. The van der Waals surface area contributed by atoms with Crippen LogP contribution in [0.25, 0.3) is 5.69 Å². The van der Waals surface area contributed by atoms with Gasteiger partial charge in [0.1, 0.15) is 12.1 Å². The highest BCUT2D eigenvalue weighted by molar-refractivity contribution is 5.85. The quantitative estimate of drug-likeness (QED) is 0.599. The lowest BCUT2D eigenvalue weighted by atomic mass is 10.2. The zero-order valence-electron chi connectivity index (χ0n) is 9.33. The zero-order valence-corrected chi connectivity index (χ0v) is 9.33. The summed E-state index contributed by atoms with van der Waals surface area (Å²) >= 11 is 0. The maximum absolute atomic E-state index is 13.4. The number of nitrogens with zero attached hydrogens (tertiary/aromatic N) is 3. The minimum absolute atomic E-state index is 0.154. The zero-order chi connectivity index (χ0) is 13.1. The van der Waals surface area contributed by atoms with E-state index < -0.39 is 11.8 Å². The standard InChI is InChI=1S/C11H8FN3O3/c1-18-11(17)10-13-6-15(14-10)9-4-2-3-8(12)7(9)5-16/h2-6H,1H3. The number of carbonyl (C=O) groups is 2. The molecule has 0 bridgehead atoms. The van der Waals surface area contributed by atoms with E-state index in [0.717, 1.165) is 10.7 Å². The minimum atomic E-state index is -0.710. The monoisotopic (exact) mass is 249 g/mol. The Morgan fingerprint density at radius 3 is 2.94 bits per heavy atom. The molecule has 0 spiro atoms. The molecule has 2 rings (SSSR count). The van der Waals surface area contributed by atoms with Crippen LogP contribution in [0.2, 0.25) is 0 Å². The summed E-state index contributed by atoms with van der Waals surface area (Å²) < 4.78 is 19.0. The molecule has 18 heavy (non-hydrogen) atoms. The van der Waals surface area contributed by atoms with Crippen molar-refractivity contribution in [2.45, 2.75) is 0 Å². The molecule has 2 aromatic rings. The number of rotatable bonds is 3. The van der Waals surface area contributed by atoms with Crippen LogP contribution >= 0.6 is 0 Å². The molecule has 0 aliphatic heterocycles. The molecular formula is C11H8FN3O3. The van der Waals surface area contributed by atoms with Crippen molar-refractivity contribution in [3.8, 4) is 5.69 Å². The molecule has 92 valence electrons. The van der Waals surface area contributed by atoms with E-state index in [1.54, 1.807) is 0 Å². The third-order valence-electron chi connectivity index (χ3n) is 2.25. The van der Waals surface area contributed by atoms with Gasteiger partial charge in [-0.15, -0.1) is 5.10 Å². The number of aldehydes is 1. The topological polar surface area (TPSA) is 74.1 Å². The third-order valence-corrected chi connectivity index (χ3v) is 2.25. The number of benzene rings is 1.